The van der Waals surface area contributed by atoms with Crippen molar-refractivity contribution in [1.29, 1.82) is 0 Å². The van der Waals surface area contributed by atoms with Crippen molar-refractivity contribution in [3.8, 4) is 23.0 Å². The van der Waals surface area contributed by atoms with Gasteiger partial charge in [0.1, 0.15) is 5.75 Å². The Morgan fingerprint density at radius 1 is 0.939 bits per heavy atom. The molecule has 0 heterocycles. The van der Waals surface area contributed by atoms with Crippen molar-refractivity contribution < 1.29 is 27.4 Å². The zero-order valence-corrected chi connectivity index (χ0v) is 19.8. The van der Waals surface area contributed by atoms with Gasteiger partial charge >= 0.3 is 0 Å². The first kappa shape index (κ1) is 24.4. The molecule has 0 fully saturated rings. The van der Waals surface area contributed by atoms with Crippen LogP contribution >= 0.6 is 11.6 Å². The van der Waals surface area contributed by atoms with Crippen molar-refractivity contribution in [1.82, 2.24) is 4.31 Å². The Kier molecular flexibility index (Phi) is 7.80. The van der Waals surface area contributed by atoms with Crippen molar-refractivity contribution in [3.05, 3.63) is 71.8 Å². The van der Waals surface area contributed by atoms with Crippen LogP contribution in [0.2, 0.25) is 5.02 Å². The van der Waals surface area contributed by atoms with Crippen molar-refractivity contribution >= 4 is 33.2 Å². The highest BCUT2D eigenvalue weighted by molar-refractivity contribution is 7.89. The number of anilines is 1. The summed E-state index contributed by atoms with van der Waals surface area (Å²) in [6.45, 7) is -0.422. The molecule has 3 rings (SSSR count). The lowest BCUT2D eigenvalue weighted by Gasteiger charge is -2.18. The predicted molar refractivity (Wildman–Crippen MR) is 126 cm³/mol. The van der Waals surface area contributed by atoms with E-state index < -0.39 is 22.5 Å². The van der Waals surface area contributed by atoms with Crippen LogP contribution in [0.4, 0.5) is 5.69 Å². The molecule has 0 atom stereocenters. The molecule has 0 bridgehead atoms. The van der Waals surface area contributed by atoms with Gasteiger partial charge in [0.15, 0.2) is 17.2 Å². The average molecular weight is 491 g/mol. The van der Waals surface area contributed by atoms with E-state index in [0.29, 0.717) is 28.0 Å². The second-order valence-electron chi connectivity index (χ2n) is 6.88. The van der Waals surface area contributed by atoms with Gasteiger partial charge in [-0.25, -0.2) is 8.42 Å². The van der Waals surface area contributed by atoms with E-state index in [1.165, 1.54) is 51.6 Å². The van der Waals surface area contributed by atoms with Gasteiger partial charge in [-0.15, -0.1) is 0 Å². The molecule has 10 heteroatoms. The molecule has 8 nitrogen and oxygen atoms in total. The highest BCUT2D eigenvalue weighted by Crippen LogP contribution is 2.36. The number of methoxy groups -OCH3 is 2. The number of carbonyl (C=O) groups excluding carboxylic acids is 1. The maximum Gasteiger partial charge on any atom is 0.243 e. The molecule has 3 aromatic rings. The fraction of sp³-hybridized carbons (Fsp3) is 0.174. The number of amides is 1. The SMILES string of the molecule is COc1ccc(S(=O)(=O)N(C)CC(=O)Nc2cc(Cl)ccc2Oc2ccccc2OC)cc1. The third kappa shape index (κ3) is 5.95. The van der Waals surface area contributed by atoms with Crippen LogP contribution in [0.5, 0.6) is 23.0 Å². The average Bonchev–Trinajstić information content (AvgIpc) is 2.81. The van der Waals surface area contributed by atoms with Gasteiger partial charge in [0.05, 0.1) is 31.3 Å². The van der Waals surface area contributed by atoms with Crippen LogP contribution in [0.1, 0.15) is 0 Å². The van der Waals surface area contributed by atoms with Crippen LogP contribution in [0, 0.1) is 0 Å². The van der Waals surface area contributed by atoms with Crippen LogP contribution in [0.25, 0.3) is 0 Å². The first-order valence-corrected chi connectivity index (χ1v) is 11.6. The van der Waals surface area contributed by atoms with E-state index in [1.807, 2.05) is 0 Å². The molecule has 33 heavy (non-hydrogen) atoms. The van der Waals surface area contributed by atoms with Gasteiger partial charge < -0.3 is 19.5 Å². The molecule has 0 aliphatic rings. The zero-order chi connectivity index (χ0) is 24.0. The number of ether oxygens (including phenoxy) is 3. The Morgan fingerprint density at radius 2 is 1.61 bits per heavy atom. The number of nitrogens with zero attached hydrogens (tertiary/aromatic N) is 1. The Morgan fingerprint density at radius 3 is 2.24 bits per heavy atom. The van der Waals surface area contributed by atoms with Gasteiger partial charge in [0.2, 0.25) is 15.9 Å². The normalized spacial score (nSPS) is 11.2. The first-order valence-electron chi connectivity index (χ1n) is 9.75. The maximum absolute atomic E-state index is 12.8. The fourth-order valence-electron chi connectivity index (χ4n) is 2.92. The Balaban J connectivity index is 1.76. The van der Waals surface area contributed by atoms with Gasteiger partial charge in [-0.3, -0.25) is 4.79 Å². The van der Waals surface area contributed by atoms with E-state index in [2.05, 4.69) is 5.32 Å². The highest BCUT2D eigenvalue weighted by atomic mass is 35.5. The number of carbonyl (C=O) groups is 1. The van der Waals surface area contributed by atoms with Crippen molar-refractivity contribution in [2.24, 2.45) is 0 Å². The number of sulfonamides is 1. The molecular formula is C23H23ClN2O6S. The number of likely N-dealkylation sites (N-methyl/N-ethyl adjacent to an activating group) is 1. The van der Waals surface area contributed by atoms with Gasteiger partial charge in [0, 0.05) is 12.1 Å². The van der Waals surface area contributed by atoms with Crippen LogP contribution < -0.4 is 19.5 Å². The van der Waals surface area contributed by atoms with Gasteiger partial charge in [-0.05, 0) is 54.6 Å². The molecule has 0 aliphatic carbocycles. The summed E-state index contributed by atoms with van der Waals surface area (Å²) in [6.07, 6.45) is 0. The number of halogens is 1. The van der Waals surface area contributed by atoms with E-state index in [4.69, 9.17) is 25.8 Å². The Hall–Kier alpha value is -3.27. The minimum atomic E-state index is -3.88. The number of hydrogen-bond acceptors (Lipinski definition) is 6. The number of benzene rings is 3. The summed E-state index contributed by atoms with van der Waals surface area (Å²) in [5.41, 5.74) is 0.286. The minimum Gasteiger partial charge on any atom is -0.497 e. The van der Waals surface area contributed by atoms with Crippen LogP contribution in [-0.4, -0.2) is 46.4 Å². The lowest BCUT2D eigenvalue weighted by molar-refractivity contribution is -0.116. The van der Waals surface area contributed by atoms with Crippen molar-refractivity contribution in [3.63, 3.8) is 0 Å². The summed E-state index contributed by atoms with van der Waals surface area (Å²) in [4.78, 5) is 12.7. The van der Waals surface area contributed by atoms with E-state index in [1.54, 1.807) is 36.4 Å². The summed E-state index contributed by atoms with van der Waals surface area (Å²) in [7, 11) is 0.446. The summed E-state index contributed by atoms with van der Waals surface area (Å²) in [5, 5.41) is 3.04. The topological polar surface area (TPSA) is 94.2 Å². The number of nitrogens with one attached hydrogen (secondary N) is 1. The second-order valence-corrected chi connectivity index (χ2v) is 9.36. The lowest BCUT2D eigenvalue weighted by Crippen LogP contribution is -2.35. The molecular weight excluding hydrogens is 468 g/mol. The molecule has 3 aromatic carbocycles. The minimum absolute atomic E-state index is 0.0431. The van der Waals surface area contributed by atoms with Crippen LogP contribution in [0.3, 0.4) is 0 Å². The van der Waals surface area contributed by atoms with Crippen molar-refractivity contribution in [2.75, 3.05) is 33.1 Å². The second kappa shape index (κ2) is 10.6. The fourth-order valence-corrected chi connectivity index (χ4v) is 4.21. The standard InChI is InChI=1S/C23H23ClN2O6S/c1-26(33(28,29)18-11-9-17(30-2)10-12-18)15-23(27)25-19-14-16(24)8-13-20(19)32-22-7-5-4-6-21(22)31-3/h4-14H,15H2,1-3H3,(H,25,27). The van der Waals surface area contributed by atoms with E-state index in [9.17, 15) is 13.2 Å². The molecule has 0 spiro atoms. The molecule has 0 aliphatic heterocycles. The molecule has 0 unspecified atom stereocenters. The van der Waals surface area contributed by atoms with Gasteiger partial charge in [0.25, 0.3) is 0 Å². The highest BCUT2D eigenvalue weighted by Gasteiger charge is 2.23. The van der Waals surface area contributed by atoms with Gasteiger partial charge in [-0.1, -0.05) is 23.7 Å². The van der Waals surface area contributed by atoms with E-state index >= 15 is 0 Å². The third-order valence-corrected chi connectivity index (χ3v) is 6.69. The predicted octanol–water partition coefficient (Wildman–Crippen LogP) is 4.41. The lowest BCUT2D eigenvalue weighted by atomic mass is 10.2. The molecule has 0 aromatic heterocycles. The molecule has 0 saturated heterocycles. The molecule has 0 saturated carbocycles. The van der Waals surface area contributed by atoms with E-state index in [-0.39, 0.29) is 10.6 Å². The Labute approximate surface area is 197 Å². The summed E-state index contributed by atoms with van der Waals surface area (Å²) in [5.74, 6) is 1.23. The maximum atomic E-state index is 12.8. The van der Waals surface area contributed by atoms with E-state index in [0.717, 1.165) is 4.31 Å². The zero-order valence-electron chi connectivity index (χ0n) is 18.2. The molecule has 1 N–H and O–H groups in total. The third-order valence-electron chi connectivity index (χ3n) is 4.64. The number of hydrogen-bond donors (Lipinski definition) is 1. The summed E-state index contributed by atoms with van der Waals surface area (Å²) >= 11 is 6.10. The van der Waals surface area contributed by atoms with Crippen molar-refractivity contribution in [2.45, 2.75) is 4.90 Å². The number of para-hydroxylation sites is 2. The molecule has 174 valence electrons. The van der Waals surface area contributed by atoms with Crippen LogP contribution in [0.15, 0.2) is 71.6 Å². The van der Waals surface area contributed by atoms with Gasteiger partial charge in [-0.2, -0.15) is 4.31 Å². The smallest absolute Gasteiger partial charge is 0.243 e. The Bertz CT molecular complexity index is 1230. The molecule has 0 radical (unpaired) electrons. The number of rotatable bonds is 9. The quantitative estimate of drug-likeness (QED) is 0.477. The monoisotopic (exact) mass is 490 g/mol. The first-order chi connectivity index (χ1) is 15.7. The largest absolute Gasteiger partial charge is 0.497 e. The summed E-state index contributed by atoms with van der Waals surface area (Å²) in [6, 6.07) is 17.7. The van der Waals surface area contributed by atoms with Crippen LogP contribution in [-0.2, 0) is 14.8 Å². The molecule has 1 amide bonds. The summed E-state index contributed by atoms with van der Waals surface area (Å²) < 4.78 is 42.8.